The summed E-state index contributed by atoms with van der Waals surface area (Å²) in [5, 5.41) is 19.2. The van der Waals surface area contributed by atoms with E-state index in [4.69, 9.17) is 9.68 Å². The highest BCUT2D eigenvalue weighted by Gasteiger charge is 2.21. The van der Waals surface area contributed by atoms with E-state index in [9.17, 15) is 0 Å². The van der Waals surface area contributed by atoms with Crippen LogP contribution in [0.3, 0.4) is 0 Å². The molecule has 2 heterocycles. The zero-order chi connectivity index (χ0) is 28.6. The number of guanidine groups is 1. The number of aromatic nitrogens is 2. The second kappa shape index (κ2) is 12.5. The molecule has 2 aromatic heterocycles. The van der Waals surface area contributed by atoms with Crippen molar-refractivity contribution in [3.8, 4) is 28.6 Å². The standard InChI is InChI=1S/C34H27N7O/c35-22-37-34(40-27-14-8-3-9-15-27)41-28-18-16-24(17-19-28)20-21-36-32-30-29(25-10-4-1-5-11-25)31(26-12-6-2-7-13-26)42-33(30)39-23-38-32/h1-19,23H,20-21H2,(H,36,38,39)(H2,37,40,41). The van der Waals surface area contributed by atoms with Crippen LogP contribution in [0.15, 0.2) is 131 Å². The Balaban J connectivity index is 1.21. The van der Waals surface area contributed by atoms with E-state index in [1.54, 1.807) is 0 Å². The van der Waals surface area contributed by atoms with Gasteiger partial charge in [0.1, 0.15) is 17.9 Å². The molecule has 0 radical (unpaired) electrons. The summed E-state index contributed by atoms with van der Waals surface area (Å²) in [7, 11) is 0. The zero-order valence-corrected chi connectivity index (χ0v) is 22.7. The lowest BCUT2D eigenvalue weighted by Gasteiger charge is -2.09. The highest BCUT2D eigenvalue weighted by Crippen LogP contribution is 2.42. The maximum absolute atomic E-state index is 9.13. The van der Waals surface area contributed by atoms with E-state index in [1.807, 2.05) is 109 Å². The molecule has 0 saturated heterocycles. The van der Waals surface area contributed by atoms with Crippen molar-refractivity contribution in [2.24, 2.45) is 4.99 Å². The van der Waals surface area contributed by atoms with Gasteiger partial charge in [0.25, 0.3) is 0 Å². The number of fused-ring (bicyclic) bond motifs is 1. The van der Waals surface area contributed by atoms with Gasteiger partial charge in [-0.3, -0.25) is 5.32 Å². The van der Waals surface area contributed by atoms with Gasteiger partial charge in [-0.05, 0) is 41.8 Å². The summed E-state index contributed by atoms with van der Waals surface area (Å²) in [6.07, 6.45) is 4.23. The maximum Gasteiger partial charge on any atom is 0.232 e. The number of benzene rings is 4. The summed E-state index contributed by atoms with van der Waals surface area (Å²) in [5.74, 6) is 1.85. The molecule has 4 aromatic carbocycles. The van der Waals surface area contributed by atoms with Crippen LogP contribution in [-0.4, -0.2) is 22.5 Å². The highest BCUT2D eigenvalue weighted by molar-refractivity contribution is 6.05. The third kappa shape index (κ3) is 5.96. The molecular weight excluding hydrogens is 522 g/mol. The molecular formula is C34H27N7O. The molecule has 0 unspecified atom stereocenters. The topological polar surface area (TPSA) is 111 Å². The molecule has 0 spiro atoms. The van der Waals surface area contributed by atoms with Crippen LogP contribution in [0.25, 0.3) is 33.6 Å². The van der Waals surface area contributed by atoms with Crippen molar-refractivity contribution in [2.75, 3.05) is 17.2 Å². The van der Waals surface area contributed by atoms with Gasteiger partial charge >= 0.3 is 0 Å². The minimum Gasteiger partial charge on any atom is -0.437 e. The van der Waals surface area contributed by atoms with Gasteiger partial charge in [-0.1, -0.05) is 91.0 Å². The summed E-state index contributed by atoms with van der Waals surface area (Å²) in [6, 6.07) is 37.7. The number of furan rings is 1. The number of nitriles is 1. The summed E-state index contributed by atoms with van der Waals surface area (Å²) in [6.45, 7) is 0.658. The number of hydrogen-bond acceptors (Lipinski definition) is 6. The summed E-state index contributed by atoms with van der Waals surface area (Å²) in [5.41, 5.74) is 6.23. The number of nitrogens with zero attached hydrogens (tertiary/aromatic N) is 4. The van der Waals surface area contributed by atoms with Crippen molar-refractivity contribution in [3.63, 3.8) is 0 Å². The van der Waals surface area contributed by atoms with Gasteiger partial charge in [0.15, 0.2) is 6.19 Å². The van der Waals surface area contributed by atoms with Crippen LogP contribution in [-0.2, 0) is 6.42 Å². The Bertz CT molecular complexity index is 1840. The van der Waals surface area contributed by atoms with Crippen molar-refractivity contribution < 1.29 is 4.42 Å². The second-order valence-electron chi connectivity index (χ2n) is 9.47. The van der Waals surface area contributed by atoms with Gasteiger partial charge in [-0.25, -0.2) is 15.0 Å². The predicted molar refractivity (Wildman–Crippen MR) is 167 cm³/mol. The first-order chi connectivity index (χ1) is 20.8. The van der Waals surface area contributed by atoms with E-state index in [2.05, 4.69) is 43.0 Å². The van der Waals surface area contributed by atoms with E-state index < -0.39 is 0 Å². The smallest absolute Gasteiger partial charge is 0.232 e. The lowest BCUT2D eigenvalue weighted by Crippen LogP contribution is -2.26. The average molecular weight is 550 g/mol. The first kappa shape index (κ1) is 26.3. The van der Waals surface area contributed by atoms with Crippen molar-refractivity contribution in [3.05, 3.63) is 127 Å². The molecule has 42 heavy (non-hydrogen) atoms. The number of aliphatic imine (C=N–C) groups is 1. The number of nitrogens with one attached hydrogen (secondary N) is 3. The Morgan fingerprint density at radius 3 is 2.14 bits per heavy atom. The Labute approximate surface area is 243 Å². The van der Waals surface area contributed by atoms with Gasteiger partial charge in [0.05, 0.1) is 11.1 Å². The van der Waals surface area contributed by atoms with Gasteiger partial charge in [-0.15, -0.1) is 0 Å². The zero-order valence-electron chi connectivity index (χ0n) is 22.7. The molecule has 8 heteroatoms. The van der Waals surface area contributed by atoms with Gasteiger partial charge in [-0.2, -0.15) is 5.26 Å². The third-order valence-corrected chi connectivity index (χ3v) is 6.68. The van der Waals surface area contributed by atoms with Crippen LogP contribution in [0.2, 0.25) is 0 Å². The third-order valence-electron chi connectivity index (χ3n) is 6.68. The summed E-state index contributed by atoms with van der Waals surface area (Å²) in [4.78, 5) is 13.6. The molecule has 6 rings (SSSR count). The van der Waals surface area contributed by atoms with E-state index >= 15 is 0 Å². The fraction of sp³-hybridized carbons (Fsp3) is 0.0588. The quantitative estimate of drug-likeness (QED) is 0.0786. The minimum absolute atomic E-state index is 0.357. The van der Waals surface area contributed by atoms with E-state index in [0.29, 0.717) is 18.2 Å². The van der Waals surface area contributed by atoms with Gasteiger partial charge in [0, 0.05) is 23.4 Å². The first-order valence-electron chi connectivity index (χ1n) is 13.6. The molecule has 8 nitrogen and oxygen atoms in total. The molecule has 3 N–H and O–H groups in total. The molecule has 0 fully saturated rings. The number of rotatable bonds is 8. The largest absolute Gasteiger partial charge is 0.437 e. The molecule has 0 aliphatic heterocycles. The van der Waals surface area contributed by atoms with Crippen molar-refractivity contribution >= 4 is 34.3 Å². The van der Waals surface area contributed by atoms with Gasteiger partial charge in [0.2, 0.25) is 11.7 Å². The molecule has 6 aromatic rings. The van der Waals surface area contributed by atoms with Crippen LogP contribution < -0.4 is 16.0 Å². The molecule has 204 valence electrons. The number of anilines is 2. The summed E-state index contributed by atoms with van der Waals surface area (Å²) >= 11 is 0. The van der Waals surface area contributed by atoms with Gasteiger partial charge < -0.3 is 15.1 Å². The Kier molecular flexibility index (Phi) is 7.82. The van der Waals surface area contributed by atoms with Crippen molar-refractivity contribution in [2.45, 2.75) is 6.42 Å². The number of para-hydroxylation sites is 1. The Hall–Kier alpha value is -5.94. The molecule has 0 aliphatic carbocycles. The van der Waals surface area contributed by atoms with Crippen LogP contribution in [0.1, 0.15) is 5.56 Å². The lowest BCUT2D eigenvalue weighted by molar-refractivity contribution is 0.618. The Morgan fingerprint density at radius 1 is 0.786 bits per heavy atom. The fourth-order valence-corrected chi connectivity index (χ4v) is 4.73. The minimum atomic E-state index is 0.357. The molecule has 0 aliphatic rings. The first-order valence-corrected chi connectivity index (χ1v) is 13.6. The SMILES string of the molecule is N#CNC(=Nc1ccc(CCNc2ncnc3oc(-c4ccccc4)c(-c4ccccc4)c23)cc1)Nc1ccccc1. The van der Waals surface area contributed by atoms with E-state index in [-0.39, 0.29) is 0 Å². The monoisotopic (exact) mass is 549 g/mol. The van der Waals surface area contributed by atoms with Crippen LogP contribution in [0.4, 0.5) is 17.2 Å². The summed E-state index contributed by atoms with van der Waals surface area (Å²) < 4.78 is 6.31. The second-order valence-corrected chi connectivity index (χ2v) is 9.47. The van der Waals surface area contributed by atoms with Crippen molar-refractivity contribution in [1.29, 1.82) is 5.26 Å². The van der Waals surface area contributed by atoms with Crippen molar-refractivity contribution in [1.82, 2.24) is 15.3 Å². The van der Waals surface area contributed by atoms with E-state index in [0.717, 1.165) is 57.0 Å². The predicted octanol–water partition coefficient (Wildman–Crippen LogP) is 7.38. The fourth-order valence-electron chi connectivity index (χ4n) is 4.73. The van der Waals surface area contributed by atoms with E-state index in [1.165, 1.54) is 6.33 Å². The molecule has 0 atom stereocenters. The lowest BCUT2D eigenvalue weighted by atomic mass is 9.99. The molecule has 0 saturated carbocycles. The average Bonchev–Trinajstić information content (AvgIpc) is 3.44. The number of hydrogen-bond donors (Lipinski definition) is 3. The Morgan fingerprint density at radius 2 is 1.45 bits per heavy atom. The molecule has 0 amide bonds. The van der Waals surface area contributed by atoms with Crippen LogP contribution >= 0.6 is 0 Å². The molecule has 0 bridgehead atoms. The normalized spacial score (nSPS) is 11.2. The highest BCUT2D eigenvalue weighted by atomic mass is 16.3. The maximum atomic E-state index is 9.13. The van der Waals surface area contributed by atoms with Crippen LogP contribution in [0.5, 0.6) is 0 Å². The van der Waals surface area contributed by atoms with Crippen LogP contribution in [0, 0.1) is 11.5 Å².